The zero-order valence-electron chi connectivity index (χ0n) is 12.5. The number of H-pyrrole nitrogens is 1. The molecule has 0 bridgehead atoms. The zero-order valence-corrected chi connectivity index (χ0v) is 14.6. The van der Waals surface area contributed by atoms with E-state index in [-0.39, 0.29) is 11.6 Å². The summed E-state index contributed by atoms with van der Waals surface area (Å²) in [5, 5.41) is 4.47. The highest BCUT2D eigenvalue weighted by Gasteiger charge is 2.32. The molecule has 0 aliphatic carbocycles. The monoisotopic (exact) mass is 424 g/mol. The number of para-hydroxylation sites is 1. The van der Waals surface area contributed by atoms with Gasteiger partial charge in [0.25, 0.3) is 0 Å². The van der Waals surface area contributed by atoms with E-state index in [0.717, 1.165) is 28.6 Å². The van der Waals surface area contributed by atoms with Crippen molar-refractivity contribution in [3.05, 3.63) is 68.4 Å². The smallest absolute Gasteiger partial charge is 0.132 e. The van der Waals surface area contributed by atoms with Gasteiger partial charge in [0.1, 0.15) is 11.6 Å². The average Bonchev–Trinajstić information content (AvgIpc) is 2.85. The van der Waals surface area contributed by atoms with E-state index >= 15 is 0 Å². The fourth-order valence-electron chi connectivity index (χ4n) is 3.48. The highest BCUT2D eigenvalue weighted by molar-refractivity contribution is 14.1. The second-order valence-corrected chi connectivity index (χ2v) is 7.30. The summed E-state index contributed by atoms with van der Waals surface area (Å²) in [6.07, 6.45) is 0.837. The van der Waals surface area contributed by atoms with Crippen LogP contribution < -0.4 is 5.32 Å². The third-order valence-electron chi connectivity index (χ3n) is 4.43. The number of fused-ring (bicyclic) bond motifs is 3. The Kier molecular flexibility index (Phi) is 3.65. The summed E-state index contributed by atoms with van der Waals surface area (Å²) < 4.78 is 29.5. The number of benzene rings is 2. The maximum Gasteiger partial charge on any atom is 0.132 e. The van der Waals surface area contributed by atoms with Crippen molar-refractivity contribution < 1.29 is 8.78 Å². The van der Waals surface area contributed by atoms with Crippen LogP contribution in [0.5, 0.6) is 0 Å². The molecule has 5 heteroatoms. The number of rotatable bonds is 1. The first kappa shape index (κ1) is 15.1. The Balaban J connectivity index is 1.95. The quantitative estimate of drug-likeness (QED) is 0.546. The van der Waals surface area contributed by atoms with E-state index in [1.165, 1.54) is 12.1 Å². The van der Waals surface area contributed by atoms with E-state index in [4.69, 9.17) is 0 Å². The third kappa shape index (κ3) is 2.46. The van der Waals surface area contributed by atoms with Crippen molar-refractivity contribution in [3.8, 4) is 0 Å². The molecular formula is C18H15F2IN2. The lowest BCUT2D eigenvalue weighted by molar-refractivity contribution is 0.429. The second-order valence-electron chi connectivity index (χ2n) is 6.05. The molecule has 0 saturated carbocycles. The van der Waals surface area contributed by atoms with Crippen LogP contribution in [0.2, 0.25) is 0 Å². The van der Waals surface area contributed by atoms with Crippen LogP contribution in [-0.2, 0) is 6.42 Å². The van der Waals surface area contributed by atoms with Crippen LogP contribution in [0.1, 0.15) is 29.8 Å². The molecule has 118 valence electrons. The molecule has 0 saturated heterocycles. The van der Waals surface area contributed by atoms with Gasteiger partial charge in [0, 0.05) is 31.8 Å². The van der Waals surface area contributed by atoms with Crippen molar-refractivity contribution in [2.75, 3.05) is 0 Å². The Labute approximate surface area is 146 Å². The predicted molar refractivity (Wildman–Crippen MR) is 95.5 cm³/mol. The van der Waals surface area contributed by atoms with Crippen molar-refractivity contribution in [1.29, 1.82) is 0 Å². The highest BCUT2D eigenvalue weighted by atomic mass is 127. The molecule has 0 spiro atoms. The van der Waals surface area contributed by atoms with E-state index in [0.29, 0.717) is 3.57 Å². The maximum absolute atomic E-state index is 14.5. The summed E-state index contributed by atoms with van der Waals surface area (Å²) in [6, 6.07) is 10.4. The molecule has 2 unspecified atom stereocenters. The minimum atomic E-state index is -0.509. The summed E-state index contributed by atoms with van der Waals surface area (Å²) in [5.74, 6) is -1.02. The lowest BCUT2D eigenvalue weighted by Gasteiger charge is -2.30. The first-order chi connectivity index (χ1) is 11.0. The Bertz CT molecular complexity index is 880. The summed E-state index contributed by atoms with van der Waals surface area (Å²) in [5.41, 5.74) is 3.10. The van der Waals surface area contributed by atoms with Crippen LogP contribution in [0.4, 0.5) is 8.78 Å². The lowest BCUT2D eigenvalue weighted by Crippen LogP contribution is -2.38. The van der Waals surface area contributed by atoms with Crippen molar-refractivity contribution in [2.24, 2.45) is 0 Å². The highest BCUT2D eigenvalue weighted by Crippen LogP contribution is 2.37. The molecular weight excluding hydrogens is 409 g/mol. The summed E-state index contributed by atoms with van der Waals surface area (Å²) in [7, 11) is 0. The Morgan fingerprint density at radius 2 is 1.83 bits per heavy atom. The Morgan fingerprint density at radius 1 is 1.13 bits per heavy atom. The number of aromatic nitrogens is 1. The van der Waals surface area contributed by atoms with Crippen LogP contribution in [0, 0.1) is 15.2 Å². The number of halogens is 3. The molecule has 0 amide bonds. The van der Waals surface area contributed by atoms with Crippen LogP contribution in [-0.4, -0.2) is 11.0 Å². The summed E-state index contributed by atoms with van der Waals surface area (Å²) in [6.45, 7) is 2.04. The van der Waals surface area contributed by atoms with Crippen LogP contribution in [0.3, 0.4) is 0 Å². The molecule has 2 nitrogen and oxygen atoms in total. The van der Waals surface area contributed by atoms with Crippen LogP contribution in [0.25, 0.3) is 10.9 Å². The fourth-order valence-corrected chi connectivity index (χ4v) is 4.02. The van der Waals surface area contributed by atoms with Gasteiger partial charge >= 0.3 is 0 Å². The Morgan fingerprint density at radius 3 is 2.57 bits per heavy atom. The first-order valence-corrected chi connectivity index (χ1v) is 8.62. The van der Waals surface area contributed by atoms with Gasteiger partial charge in [-0.15, -0.1) is 0 Å². The number of aromatic amines is 1. The summed E-state index contributed by atoms with van der Waals surface area (Å²) >= 11 is 1.93. The second kappa shape index (κ2) is 5.56. The van der Waals surface area contributed by atoms with E-state index in [9.17, 15) is 8.78 Å². The van der Waals surface area contributed by atoms with Crippen LogP contribution >= 0.6 is 22.6 Å². The number of nitrogens with one attached hydrogen (secondary N) is 2. The molecule has 3 aromatic rings. The molecule has 2 heterocycles. The summed E-state index contributed by atoms with van der Waals surface area (Å²) in [4.78, 5) is 3.36. The maximum atomic E-state index is 14.5. The normalized spacial score (nSPS) is 20.7. The molecule has 0 fully saturated rings. The van der Waals surface area contributed by atoms with Crippen molar-refractivity contribution >= 4 is 33.5 Å². The van der Waals surface area contributed by atoms with Gasteiger partial charge in [0.2, 0.25) is 0 Å². The molecule has 0 radical (unpaired) electrons. The predicted octanol–water partition coefficient (Wildman–Crippen LogP) is 4.67. The minimum absolute atomic E-state index is 0.0878. The lowest BCUT2D eigenvalue weighted by atomic mass is 9.90. The first-order valence-electron chi connectivity index (χ1n) is 7.54. The van der Waals surface area contributed by atoms with Gasteiger partial charge in [-0.05, 0) is 59.7 Å². The van der Waals surface area contributed by atoms with Gasteiger partial charge in [0.05, 0.1) is 6.04 Å². The van der Waals surface area contributed by atoms with E-state index < -0.39 is 17.7 Å². The van der Waals surface area contributed by atoms with Gasteiger partial charge < -0.3 is 10.3 Å². The third-order valence-corrected chi connectivity index (χ3v) is 5.05. The van der Waals surface area contributed by atoms with Gasteiger partial charge in [-0.2, -0.15) is 0 Å². The zero-order chi connectivity index (χ0) is 16.1. The SMILES string of the molecule is CC1Cc2c([nH]c3ccccc23)C(c2c(F)cc(I)cc2F)N1. The standard InChI is InChI=1S/C18H15F2IN2/c1-9-6-12-11-4-2-3-5-15(11)23-17(12)18(22-9)16-13(19)7-10(21)8-14(16)20/h2-5,7-9,18,22-23H,6H2,1H3. The average molecular weight is 424 g/mol. The topological polar surface area (TPSA) is 27.8 Å². The number of hydrogen-bond acceptors (Lipinski definition) is 1. The van der Waals surface area contributed by atoms with Crippen molar-refractivity contribution in [1.82, 2.24) is 10.3 Å². The Hall–Kier alpha value is -1.47. The van der Waals surface area contributed by atoms with E-state index in [2.05, 4.69) is 16.4 Å². The molecule has 1 aliphatic heterocycles. The molecule has 2 N–H and O–H groups in total. The molecule has 1 aromatic heterocycles. The molecule has 2 atom stereocenters. The molecule has 1 aliphatic rings. The van der Waals surface area contributed by atoms with Crippen LogP contribution in [0.15, 0.2) is 36.4 Å². The minimum Gasteiger partial charge on any atom is -0.357 e. The van der Waals surface area contributed by atoms with Crippen molar-refractivity contribution in [2.45, 2.75) is 25.4 Å². The van der Waals surface area contributed by atoms with E-state index in [1.54, 1.807) is 0 Å². The number of hydrogen-bond donors (Lipinski definition) is 2. The van der Waals surface area contributed by atoms with Gasteiger partial charge in [0.15, 0.2) is 0 Å². The van der Waals surface area contributed by atoms with E-state index in [1.807, 2.05) is 47.7 Å². The molecule has 4 rings (SSSR count). The fraction of sp³-hybridized carbons (Fsp3) is 0.222. The molecule has 2 aromatic carbocycles. The largest absolute Gasteiger partial charge is 0.357 e. The van der Waals surface area contributed by atoms with Gasteiger partial charge in [-0.3, -0.25) is 0 Å². The van der Waals surface area contributed by atoms with Gasteiger partial charge in [-0.1, -0.05) is 18.2 Å². The van der Waals surface area contributed by atoms with Crippen molar-refractivity contribution in [3.63, 3.8) is 0 Å². The van der Waals surface area contributed by atoms with Gasteiger partial charge in [-0.25, -0.2) is 8.78 Å². The molecule has 23 heavy (non-hydrogen) atoms.